The highest BCUT2D eigenvalue weighted by Crippen LogP contribution is 2.22. The minimum atomic E-state index is -0.730. The molecule has 96 valence electrons. The standard InChI is InChI=1S/C14H22ClNO/c1-5-13(16-10(2)14(3,4)17)11-7-6-8-12(15)9-11/h6-10,13,16-17H,5H2,1-4H3. The molecule has 0 aliphatic carbocycles. The van der Waals surface area contributed by atoms with Gasteiger partial charge >= 0.3 is 0 Å². The molecular weight excluding hydrogens is 234 g/mol. The highest BCUT2D eigenvalue weighted by molar-refractivity contribution is 6.30. The second-order valence-electron chi connectivity index (χ2n) is 5.06. The molecule has 0 spiro atoms. The van der Waals surface area contributed by atoms with Gasteiger partial charge in [-0.05, 0) is 44.9 Å². The SMILES string of the molecule is CCC(NC(C)C(C)(C)O)c1cccc(Cl)c1. The second-order valence-corrected chi connectivity index (χ2v) is 5.49. The third-order valence-corrected chi connectivity index (χ3v) is 3.41. The first-order chi connectivity index (χ1) is 7.84. The number of halogens is 1. The zero-order valence-electron chi connectivity index (χ0n) is 11.0. The Labute approximate surface area is 109 Å². The van der Waals surface area contributed by atoms with E-state index < -0.39 is 5.60 Å². The molecule has 17 heavy (non-hydrogen) atoms. The van der Waals surface area contributed by atoms with Crippen LogP contribution in [-0.2, 0) is 0 Å². The molecule has 2 atom stereocenters. The average molecular weight is 256 g/mol. The first-order valence-electron chi connectivity index (χ1n) is 6.08. The predicted octanol–water partition coefficient (Wildman–Crippen LogP) is 3.54. The molecule has 0 aliphatic heterocycles. The molecule has 2 nitrogen and oxygen atoms in total. The van der Waals surface area contributed by atoms with Crippen LogP contribution in [0.3, 0.4) is 0 Å². The Kier molecular flexibility index (Phi) is 4.99. The number of hydrogen-bond acceptors (Lipinski definition) is 2. The van der Waals surface area contributed by atoms with Gasteiger partial charge in [0.15, 0.2) is 0 Å². The van der Waals surface area contributed by atoms with Crippen molar-refractivity contribution < 1.29 is 5.11 Å². The summed E-state index contributed by atoms with van der Waals surface area (Å²) in [4.78, 5) is 0. The number of benzene rings is 1. The summed E-state index contributed by atoms with van der Waals surface area (Å²) in [5, 5.41) is 14.1. The van der Waals surface area contributed by atoms with E-state index in [1.807, 2.05) is 39.0 Å². The first kappa shape index (κ1) is 14.5. The van der Waals surface area contributed by atoms with Crippen molar-refractivity contribution in [3.05, 3.63) is 34.9 Å². The fraction of sp³-hybridized carbons (Fsp3) is 0.571. The summed E-state index contributed by atoms with van der Waals surface area (Å²) >= 11 is 6.00. The van der Waals surface area contributed by atoms with Crippen LogP contribution in [0.15, 0.2) is 24.3 Å². The van der Waals surface area contributed by atoms with E-state index in [4.69, 9.17) is 11.6 Å². The van der Waals surface area contributed by atoms with Gasteiger partial charge < -0.3 is 10.4 Å². The maximum absolute atomic E-state index is 9.94. The predicted molar refractivity (Wildman–Crippen MR) is 73.4 cm³/mol. The summed E-state index contributed by atoms with van der Waals surface area (Å²) in [5.41, 5.74) is 0.433. The molecule has 0 heterocycles. The lowest BCUT2D eigenvalue weighted by molar-refractivity contribution is 0.0395. The van der Waals surface area contributed by atoms with Crippen molar-refractivity contribution in [2.75, 3.05) is 0 Å². The van der Waals surface area contributed by atoms with E-state index in [1.165, 1.54) is 0 Å². The fourth-order valence-electron chi connectivity index (χ4n) is 1.68. The van der Waals surface area contributed by atoms with Crippen molar-refractivity contribution in [1.82, 2.24) is 5.32 Å². The Bertz CT molecular complexity index is 359. The van der Waals surface area contributed by atoms with Crippen LogP contribution in [0.5, 0.6) is 0 Å². The summed E-state index contributed by atoms with van der Waals surface area (Å²) < 4.78 is 0. The lowest BCUT2D eigenvalue weighted by Crippen LogP contribution is -2.45. The molecule has 0 fully saturated rings. The molecule has 2 unspecified atom stereocenters. The maximum atomic E-state index is 9.94. The lowest BCUT2D eigenvalue weighted by Gasteiger charge is -2.31. The second kappa shape index (κ2) is 5.85. The van der Waals surface area contributed by atoms with Gasteiger partial charge in [-0.25, -0.2) is 0 Å². The molecule has 1 aromatic carbocycles. The highest BCUT2D eigenvalue weighted by atomic mass is 35.5. The van der Waals surface area contributed by atoms with Crippen LogP contribution in [-0.4, -0.2) is 16.7 Å². The monoisotopic (exact) mass is 255 g/mol. The van der Waals surface area contributed by atoms with Gasteiger partial charge in [0.1, 0.15) is 0 Å². The van der Waals surface area contributed by atoms with Crippen molar-refractivity contribution in [1.29, 1.82) is 0 Å². The molecule has 0 saturated carbocycles. The van der Waals surface area contributed by atoms with Gasteiger partial charge in [0, 0.05) is 17.1 Å². The molecule has 1 aromatic rings. The summed E-state index contributed by atoms with van der Waals surface area (Å²) in [7, 11) is 0. The van der Waals surface area contributed by atoms with Gasteiger partial charge in [-0.2, -0.15) is 0 Å². The van der Waals surface area contributed by atoms with Crippen LogP contribution in [0.1, 0.15) is 45.7 Å². The third-order valence-electron chi connectivity index (χ3n) is 3.17. The van der Waals surface area contributed by atoms with Gasteiger partial charge in [-0.15, -0.1) is 0 Å². The maximum Gasteiger partial charge on any atom is 0.0741 e. The smallest absolute Gasteiger partial charge is 0.0741 e. The average Bonchev–Trinajstić information content (AvgIpc) is 2.24. The number of nitrogens with one attached hydrogen (secondary N) is 1. The summed E-state index contributed by atoms with van der Waals surface area (Å²) in [6.45, 7) is 7.74. The van der Waals surface area contributed by atoms with Crippen molar-refractivity contribution >= 4 is 11.6 Å². The topological polar surface area (TPSA) is 32.3 Å². The molecule has 3 heteroatoms. The van der Waals surface area contributed by atoms with E-state index in [0.29, 0.717) is 0 Å². The fourth-order valence-corrected chi connectivity index (χ4v) is 1.88. The van der Waals surface area contributed by atoms with Crippen LogP contribution >= 0.6 is 11.6 Å². The van der Waals surface area contributed by atoms with Gasteiger partial charge in [-0.1, -0.05) is 30.7 Å². The molecule has 0 bridgehead atoms. The number of rotatable bonds is 5. The van der Waals surface area contributed by atoms with E-state index in [1.54, 1.807) is 0 Å². The molecule has 1 rings (SSSR count). The molecule has 0 amide bonds. The van der Waals surface area contributed by atoms with E-state index >= 15 is 0 Å². The van der Waals surface area contributed by atoms with Crippen molar-refractivity contribution in [2.24, 2.45) is 0 Å². The molecular formula is C14H22ClNO. The van der Waals surface area contributed by atoms with Gasteiger partial charge in [0.05, 0.1) is 5.60 Å². The van der Waals surface area contributed by atoms with E-state index in [2.05, 4.69) is 18.3 Å². The molecule has 2 N–H and O–H groups in total. The summed E-state index contributed by atoms with van der Waals surface area (Å²) in [6.07, 6.45) is 0.959. The van der Waals surface area contributed by atoms with Crippen molar-refractivity contribution in [3.8, 4) is 0 Å². The van der Waals surface area contributed by atoms with Crippen molar-refractivity contribution in [3.63, 3.8) is 0 Å². The Balaban J connectivity index is 2.79. The minimum Gasteiger partial charge on any atom is -0.389 e. The molecule has 0 aliphatic rings. The largest absolute Gasteiger partial charge is 0.389 e. The van der Waals surface area contributed by atoms with Gasteiger partial charge in [0.25, 0.3) is 0 Å². The first-order valence-corrected chi connectivity index (χ1v) is 6.46. The Morgan fingerprint density at radius 3 is 2.53 bits per heavy atom. The zero-order chi connectivity index (χ0) is 13.1. The minimum absolute atomic E-state index is 0.0198. The third kappa shape index (κ3) is 4.30. The normalized spacial score (nSPS) is 15.6. The van der Waals surface area contributed by atoms with Crippen LogP contribution in [0.4, 0.5) is 0 Å². The zero-order valence-corrected chi connectivity index (χ0v) is 11.8. The van der Waals surface area contributed by atoms with Gasteiger partial charge in [0.2, 0.25) is 0 Å². The van der Waals surface area contributed by atoms with Crippen LogP contribution < -0.4 is 5.32 Å². The number of aliphatic hydroxyl groups is 1. The summed E-state index contributed by atoms with van der Waals surface area (Å²) in [6, 6.07) is 8.10. The Morgan fingerprint density at radius 2 is 2.06 bits per heavy atom. The van der Waals surface area contributed by atoms with Crippen molar-refractivity contribution in [2.45, 2.75) is 51.8 Å². The number of hydrogen-bond donors (Lipinski definition) is 2. The van der Waals surface area contributed by atoms with Crippen LogP contribution in [0.25, 0.3) is 0 Å². The molecule has 0 saturated heterocycles. The Hall–Kier alpha value is -0.570. The molecule has 0 radical (unpaired) electrons. The molecule has 0 aromatic heterocycles. The lowest BCUT2D eigenvalue weighted by atomic mass is 9.97. The quantitative estimate of drug-likeness (QED) is 0.844. The van der Waals surface area contributed by atoms with E-state index in [-0.39, 0.29) is 12.1 Å². The Morgan fingerprint density at radius 1 is 1.41 bits per heavy atom. The summed E-state index contributed by atoms with van der Waals surface area (Å²) in [5.74, 6) is 0. The van der Waals surface area contributed by atoms with Gasteiger partial charge in [-0.3, -0.25) is 0 Å². The van der Waals surface area contributed by atoms with E-state index in [9.17, 15) is 5.11 Å². The van der Waals surface area contributed by atoms with E-state index in [0.717, 1.165) is 17.0 Å². The van der Waals surface area contributed by atoms with Crippen LogP contribution in [0, 0.1) is 0 Å². The van der Waals surface area contributed by atoms with Crippen LogP contribution in [0.2, 0.25) is 5.02 Å². The highest BCUT2D eigenvalue weighted by Gasteiger charge is 2.24.